The highest BCUT2D eigenvalue weighted by molar-refractivity contribution is 8.01. The molecule has 0 saturated heterocycles. The van der Waals surface area contributed by atoms with Gasteiger partial charge in [0.2, 0.25) is 5.91 Å². The van der Waals surface area contributed by atoms with Crippen molar-refractivity contribution in [1.82, 2.24) is 0 Å². The van der Waals surface area contributed by atoms with E-state index in [0.717, 1.165) is 23.9 Å². The number of benzene rings is 1. The molecule has 148 valence electrons. The molecular formula is C19H33NO4SSi. The summed E-state index contributed by atoms with van der Waals surface area (Å²) < 4.78 is 17.1. The molecule has 0 aromatic heterocycles. The molecule has 0 aliphatic heterocycles. The first-order chi connectivity index (χ1) is 12.4. The van der Waals surface area contributed by atoms with E-state index in [9.17, 15) is 4.79 Å². The minimum atomic E-state index is -2.59. The number of carbonyl (C=O) groups is 1. The average Bonchev–Trinajstić information content (AvgIpc) is 2.60. The Hall–Kier alpha value is -0.863. The second-order valence-corrected chi connectivity index (χ2v) is 10.7. The maximum atomic E-state index is 12.5. The molecular weight excluding hydrogens is 366 g/mol. The Morgan fingerprint density at radius 1 is 1.04 bits per heavy atom. The molecule has 0 saturated carbocycles. The molecule has 0 aliphatic carbocycles. The Morgan fingerprint density at radius 2 is 1.58 bits per heavy atom. The maximum absolute atomic E-state index is 12.5. The van der Waals surface area contributed by atoms with Crippen LogP contribution in [0.1, 0.15) is 41.0 Å². The van der Waals surface area contributed by atoms with Crippen molar-refractivity contribution in [3.05, 3.63) is 30.3 Å². The van der Waals surface area contributed by atoms with E-state index in [1.807, 2.05) is 65.0 Å². The summed E-state index contributed by atoms with van der Waals surface area (Å²) in [6.45, 7) is 11.6. The van der Waals surface area contributed by atoms with Crippen LogP contribution in [-0.4, -0.2) is 45.0 Å². The van der Waals surface area contributed by atoms with Crippen molar-refractivity contribution in [1.29, 1.82) is 0 Å². The smallest absolute Gasteiger partial charge is 0.374 e. The highest BCUT2D eigenvalue weighted by Crippen LogP contribution is 2.29. The van der Waals surface area contributed by atoms with Crippen LogP contribution >= 0.6 is 11.8 Å². The average molecular weight is 400 g/mol. The Kier molecular flexibility index (Phi) is 10.5. The number of nitrogens with one attached hydrogen (secondary N) is 1. The summed E-state index contributed by atoms with van der Waals surface area (Å²) in [5, 5.41) is 2.98. The first kappa shape index (κ1) is 23.2. The Bertz CT molecular complexity index is 511. The Balaban J connectivity index is 2.51. The summed E-state index contributed by atoms with van der Waals surface area (Å²) in [4.78, 5) is 12.5. The van der Waals surface area contributed by atoms with Gasteiger partial charge in [-0.05, 0) is 58.9 Å². The van der Waals surface area contributed by atoms with Crippen LogP contribution in [0.5, 0.6) is 0 Å². The van der Waals surface area contributed by atoms with Gasteiger partial charge in [0.25, 0.3) is 0 Å². The molecule has 1 N–H and O–H groups in total. The third-order valence-electron chi connectivity index (χ3n) is 3.76. The summed E-state index contributed by atoms with van der Waals surface area (Å²) >= 11 is 1.64. The van der Waals surface area contributed by atoms with E-state index < -0.39 is 13.6 Å². The first-order valence-corrected chi connectivity index (χ1v) is 12.2. The predicted octanol–water partition coefficient (Wildman–Crippen LogP) is 4.58. The molecule has 0 heterocycles. The molecule has 1 amide bonds. The minimum Gasteiger partial charge on any atom is -0.374 e. The fourth-order valence-corrected chi connectivity index (χ4v) is 6.34. The van der Waals surface area contributed by atoms with E-state index in [1.165, 1.54) is 0 Å². The van der Waals surface area contributed by atoms with E-state index in [4.69, 9.17) is 13.3 Å². The standard InChI is InChI=1S/C19H33NO4SSi/c1-6-22-26(23-7-2,24-8-3)16-12-15-25-19(4,5)18(21)20-17-13-10-9-11-14-17/h9-11,13-14H,6-8,12,15-16H2,1-5H3,(H,20,21). The predicted molar refractivity (Wildman–Crippen MR) is 112 cm³/mol. The second kappa shape index (κ2) is 11.8. The summed E-state index contributed by atoms with van der Waals surface area (Å²) in [6, 6.07) is 10.3. The van der Waals surface area contributed by atoms with Crippen molar-refractivity contribution in [3.63, 3.8) is 0 Å². The molecule has 0 atom stereocenters. The largest absolute Gasteiger partial charge is 0.500 e. The van der Waals surface area contributed by atoms with Crippen LogP contribution in [0, 0.1) is 0 Å². The summed E-state index contributed by atoms with van der Waals surface area (Å²) in [5.74, 6) is 0.855. The third-order valence-corrected chi connectivity index (χ3v) is 8.31. The van der Waals surface area contributed by atoms with Crippen molar-refractivity contribution in [2.24, 2.45) is 0 Å². The molecule has 0 fully saturated rings. The normalized spacial score (nSPS) is 12.2. The Labute approximate surface area is 163 Å². The van der Waals surface area contributed by atoms with E-state index >= 15 is 0 Å². The SMILES string of the molecule is CCO[Si](CCCSC(C)(C)C(=O)Nc1ccccc1)(OCC)OCC. The van der Waals surface area contributed by atoms with E-state index in [-0.39, 0.29) is 5.91 Å². The lowest BCUT2D eigenvalue weighted by molar-refractivity contribution is -0.117. The quantitative estimate of drug-likeness (QED) is 0.389. The zero-order chi connectivity index (χ0) is 19.5. The van der Waals surface area contributed by atoms with Gasteiger partial charge < -0.3 is 18.6 Å². The van der Waals surface area contributed by atoms with Crippen molar-refractivity contribution in [3.8, 4) is 0 Å². The van der Waals surface area contributed by atoms with E-state index in [2.05, 4.69) is 5.32 Å². The van der Waals surface area contributed by atoms with Gasteiger partial charge in [0, 0.05) is 31.6 Å². The van der Waals surface area contributed by atoms with Crippen LogP contribution in [0.15, 0.2) is 30.3 Å². The third kappa shape index (κ3) is 7.80. The van der Waals surface area contributed by atoms with E-state index in [0.29, 0.717) is 19.8 Å². The van der Waals surface area contributed by atoms with Crippen LogP contribution in [0.4, 0.5) is 5.69 Å². The zero-order valence-electron chi connectivity index (χ0n) is 16.7. The molecule has 1 aromatic rings. The van der Waals surface area contributed by atoms with Crippen LogP contribution in [0.25, 0.3) is 0 Å². The molecule has 0 radical (unpaired) electrons. The van der Waals surface area contributed by atoms with Gasteiger partial charge in [-0.3, -0.25) is 4.79 Å². The van der Waals surface area contributed by atoms with Gasteiger partial charge in [0.15, 0.2) is 0 Å². The maximum Gasteiger partial charge on any atom is 0.500 e. The topological polar surface area (TPSA) is 56.8 Å². The number of thioether (sulfide) groups is 1. The molecule has 0 unspecified atom stereocenters. The number of rotatable bonds is 13. The molecule has 5 nitrogen and oxygen atoms in total. The number of hydrogen-bond donors (Lipinski definition) is 1. The number of para-hydroxylation sites is 1. The fraction of sp³-hybridized carbons (Fsp3) is 0.632. The van der Waals surface area contributed by atoms with Crippen molar-refractivity contribution in [2.45, 2.75) is 51.8 Å². The van der Waals surface area contributed by atoms with Crippen molar-refractivity contribution < 1.29 is 18.1 Å². The number of amides is 1. The Morgan fingerprint density at radius 3 is 2.08 bits per heavy atom. The molecule has 26 heavy (non-hydrogen) atoms. The van der Waals surface area contributed by atoms with Gasteiger partial charge in [-0.25, -0.2) is 0 Å². The lowest BCUT2D eigenvalue weighted by Gasteiger charge is -2.29. The summed E-state index contributed by atoms with van der Waals surface area (Å²) in [6.07, 6.45) is 0.888. The first-order valence-electron chi connectivity index (χ1n) is 9.31. The van der Waals surface area contributed by atoms with Crippen LogP contribution in [-0.2, 0) is 18.1 Å². The molecule has 0 spiro atoms. The summed E-state index contributed by atoms with van der Waals surface area (Å²) in [7, 11) is -2.59. The molecule has 0 aliphatic rings. The number of hydrogen-bond acceptors (Lipinski definition) is 5. The van der Waals surface area contributed by atoms with Gasteiger partial charge in [0.05, 0.1) is 4.75 Å². The van der Waals surface area contributed by atoms with Crippen LogP contribution < -0.4 is 5.32 Å². The minimum absolute atomic E-state index is 0.0108. The van der Waals surface area contributed by atoms with E-state index in [1.54, 1.807) is 11.8 Å². The molecule has 0 bridgehead atoms. The van der Waals surface area contributed by atoms with Gasteiger partial charge in [-0.1, -0.05) is 18.2 Å². The summed E-state index contributed by atoms with van der Waals surface area (Å²) in [5.41, 5.74) is 0.821. The zero-order valence-corrected chi connectivity index (χ0v) is 18.5. The van der Waals surface area contributed by atoms with Crippen LogP contribution in [0.2, 0.25) is 6.04 Å². The van der Waals surface area contributed by atoms with Crippen molar-refractivity contribution >= 4 is 32.2 Å². The number of carbonyl (C=O) groups excluding carboxylic acids is 1. The lowest BCUT2D eigenvalue weighted by Crippen LogP contribution is -2.46. The van der Waals surface area contributed by atoms with Crippen molar-refractivity contribution in [2.75, 3.05) is 30.9 Å². The second-order valence-electron chi connectivity index (χ2n) is 6.26. The van der Waals surface area contributed by atoms with Gasteiger partial charge in [-0.2, -0.15) is 0 Å². The van der Waals surface area contributed by atoms with Gasteiger partial charge in [-0.15, -0.1) is 11.8 Å². The van der Waals surface area contributed by atoms with Gasteiger partial charge >= 0.3 is 8.80 Å². The monoisotopic (exact) mass is 399 g/mol. The highest BCUT2D eigenvalue weighted by Gasteiger charge is 2.40. The van der Waals surface area contributed by atoms with Gasteiger partial charge in [0.1, 0.15) is 0 Å². The van der Waals surface area contributed by atoms with Crippen LogP contribution in [0.3, 0.4) is 0 Å². The molecule has 7 heteroatoms. The number of anilines is 1. The fourth-order valence-electron chi connectivity index (χ4n) is 2.49. The highest BCUT2D eigenvalue weighted by atomic mass is 32.2. The molecule has 1 aromatic carbocycles. The lowest BCUT2D eigenvalue weighted by atomic mass is 10.2. The molecule has 1 rings (SSSR count).